The van der Waals surface area contributed by atoms with Crippen molar-refractivity contribution < 1.29 is 13.2 Å². The lowest BCUT2D eigenvalue weighted by atomic mass is 10.2. The summed E-state index contributed by atoms with van der Waals surface area (Å²) in [5.41, 5.74) is 5.87. The molecule has 0 unspecified atom stereocenters. The highest BCUT2D eigenvalue weighted by molar-refractivity contribution is 7.91. The molecule has 0 aliphatic heterocycles. The van der Waals surface area contributed by atoms with Crippen LogP contribution in [-0.2, 0) is 16.4 Å². The summed E-state index contributed by atoms with van der Waals surface area (Å²) in [5, 5.41) is 0.0264. The molecule has 0 aliphatic rings. The number of aromatic nitrogens is 4. The molecular formula is C17H19ClN6O4S. The van der Waals surface area contributed by atoms with Crippen molar-refractivity contribution in [3.8, 4) is 0 Å². The van der Waals surface area contributed by atoms with Gasteiger partial charge in [0.05, 0.1) is 12.3 Å². The Bertz CT molecular complexity index is 1260. The number of benzene rings is 1. The van der Waals surface area contributed by atoms with Gasteiger partial charge >= 0.3 is 11.7 Å². The second kappa shape index (κ2) is 7.48. The predicted molar refractivity (Wildman–Crippen MR) is 109 cm³/mol. The number of hydrogen-bond acceptors (Lipinski definition) is 7. The van der Waals surface area contributed by atoms with Gasteiger partial charge < -0.3 is 10.6 Å². The van der Waals surface area contributed by atoms with Crippen LogP contribution in [0.4, 0.5) is 10.6 Å². The number of nitrogens with zero attached hydrogens (tertiary/aromatic N) is 5. The van der Waals surface area contributed by atoms with Gasteiger partial charge in [-0.05, 0) is 17.7 Å². The molecule has 0 saturated heterocycles. The first-order chi connectivity index (χ1) is 13.6. The Morgan fingerprint density at radius 2 is 1.83 bits per heavy atom. The zero-order chi connectivity index (χ0) is 21.5. The van der Waals surface area contributed by atoms with Crippen molar-refractivity contribution in [1.82, 2.24) is 24.0 Å². The Morgan fingerprint density at radius 3 is 2.38 bits per heavy atom. The standard InChI is InChI=1S/C17H19ClN6O4S/c1-4-29(27,28)15-20-13(19)12-14(21-15)23(9-10-5-7-11(18)8-6-10)17(26)24(12)16(25)22(2)3/h5-8H,4,9H2,1-3H3,(H2,19,20,21). The van der Waals surface area contributed by atoms with Crippen molar-refractivity contribution in [1.29, 1.82) is 0 Å². The Hall–Kier alpha value is -2.92. The van der Waals surface area contributed by atoms with Crippen molar-refractivity contribution >= 4 is 44.5 Å². The third-order valence-corrected chi connectivity index (χ3v) is 6.01. The summed E-state index contributed by atoms with van der Waals surface area (Å²) in [5.74, 6) is -0.513. The van der Waals surface area contributed by atoms with Gasteiger partial charge in [0.25, 0.3) is 5.16 Å². The maximum absolute atomic E-state index is 13.1. The number of sulfone groups is 1. The minimum atomic E-state index is -3.79. The van der Waals surface area contributed by atoms with E-state index in [2.05, 4.69) is 9.97 Å². The van der Waals surface area contributed by atoms with Gasteiger partial charge in [-0.1, -0.05) is 30.7 Å². The van der Waals surface area contributed by atoms with Gasteiger partial charge in [-0.15, -0.1) is 0 Å². The molecule has 10 nitrogen and oxygen atoms in total. The Kier molecular flexibility index (Phi) is 5.37. The van der Waals surface area contributed by atoms with Crippen LogP contribution in [0.25, 0.3) is 11.2 Å². The lowest BCUT2D eigenvalue weighted by Crippen LogP contribution is -2.36. The van der Waals surface area contributed by atoms with Gasteiger partial charge in [0.2, 0.25) is 9.84 Å². The molecule has 1 aromatic carbocycles. The number of imidazole rings is 1. The van der Waals surface area contributed by atoms with Crippen molar-refractivity contribution in [2.24, 2.45) is 0 Å². The molecule has 0 aliphatic carbocycles. The van der Waals surface area contributed by atoms with Crippen LogP contribution in [0.3, 0.4) is 0 Å². The van der Waals surface area contributed by atoms with Crippen LogP contribution in [0.2, 0.25) is 5.02 Å². The molecule has 29 heavy (non-hydrogen) atoms. The first-order valence-electron chi connectivity index (χ1n) is 8.54. The Labute approximate surface area is 171 Å². The number of halogens is 1. The molecule has 0 bridgehead atoms. The summed E-state index contributed by atoms with van der Waals surface area (Å²) in [6.45, 7) is 1.48. The minimum Gasteiger partial charge on any atom is -0.382 e. The van der Waals surface area contributed by atoms with E-state index in [0.717, 1.165) is 4.57 Å². The van der Waals surface area contributed by atoms with Crippen LogP contribution in [0.15, 0.2) is 34.2 Å². The SMILES string of the molecule is CCS(=O)(=O)c1nc(N)c2c(n1)n(Cc1ccc(Cl)cc1)c(=O)n2C(=O)N(C)C. The van der Waals surface area contributed by atoms with E-state index in [9.17, 15) is 18.0 Å². The molecule has 154 valence electrons. The number of rotatable bonds is 4. The number of carbonyl (C=O) groups is 1. The fourth-order valence-electron chi connectivity index (χ4n) is 2.71. The highest BCUT2D eigenvalue weighted by atomic mass is 35.5. The molecular weight excluding hydrogens is 420 g/mol. The number of amides is 1. The first kappa shape index (κ1) is 20.8. The molecule has 3 rings (SSSR count). The second-order valence-corrected chi connectivity index (χ2v) is 9.08. The van der Waals surface area contributed by atoms with Crippen molar-refractivity contribution in [2.75, 3.05) is 25.6 Å². The van der Waals surface area contributed by atoms with Crippen molar-refractivity contribution in [2.45, 2.75) is 18.6 Å². The molecule has 12 heteroatoms. The highest BCUT2D eigenvalue weighted by Crippen LogP contribution is 2.21. The maximum atomic E-state index is 13.1. The lowest BCUT2D eigenvalue weighted by molar-refractivity contribution is 0.219. The lowest BCUT2D eigenvalue weighted by Gasteiger charge is -2.10. The zero-order valence-electron chi connectivity index (χ0n) is 16.0. The van der Waals surface area contributed by atoms with E-state index < -0.39 is 26.7 Å². The third kappa shape index (κ3) is 3.70. The van der Waals surface area contributed by atoms with Crippen LogP contribution in [0, 0.1) is 0 Å². The third-order valence-electron chi connectivity index (χ3n) is 4.26. The molecule has 0 fully saturated rings. The molecule has 0 atom stereocenters. The average Bonchev–Trinajstić information content (AvgIpc) is 2.95. The summed E-state index contributed by atoms with van der Waals surface area (Å²) in [7, 11) is -0.835. The maximum Gasteiger partial charge on any atom is 0.339 e. The smallest absolute Gasteiger partial charge is 0.339 e. The summed E-state index contributed by atoms with van der Waals surface area (Å²) in [4.78, 5) is 34.8. The van der Waals surface area contributed by atoms with E-state index in [0.29, 0.717) is 10.6 Å². The number of nitrogen functional groups attached to an aromatic ring is 1. The molecule has 3 aromatic rings. The Balaban J connectivity index is 2.36. The van der Waals surface area contributed by atoms with Gasteiger partial charge in [-0.2, -0.15) is 9.97 Å². The zero-order valence-corrected chi connectivity index (χ0v) is 17.5. The first-order valence-corrected chi connectivity index (χ1v) is 10.6. The van der Waals surface area contributed by atoms with Crippen LogP contribution < -0.4 is 11.4 Å². The van der Waals surface area contributed by atoms with Crippen molar-refractivity contribution in [3.05, 3.63) is 45.3 Å². The number of fused-ring (bicyclic) bond motifs is 1. The molecule has 0 saturated carbocycles. The van der Waals surface area contributed by atoms with E-state index in [1.54, 1.807) is 24.3 Å². The minimum absolute atomic E-state index is 0.0300. The molecule has 2 N–H and O–H groups in total. The van der Waals surface area contributed by atoms with E-state index in [1.807, 2.05) is 0 Å². The molecule has 2 heterocycles. The summed E-state index contributed by atoms with van der Waals surface area (Å²) < 4.78 is 26.6. The average molecular weight is 439 g/mol. The number of carbonyl (C=O) groups excluding carboxylic acids is 1. The van der Waals surface area contributed by atoms with Gasteiger partial charge in [-0.25, -0.2) is 22.6 Å². The molecule has 2 aromatic heterocycles. The fraction of sp³-hybridized carbons (Fsp3) is 0.294. The quantitative estimate of drug-likeness (QED) is 0.605. The topological polar surface area (TPSA) is 133 Å². The number of hydrogen-bond donors (Lipinski definition) is 1. The highest BCUT2D eigenvalue weighted by Gasteiger charge is 2.27. The summed E-state index contributed by atoms with van der Waals surface area (Å²) in [6.07, 6.45) is 0. The molecule has 0 radical (unpaired) electrons. The predicted octanol–water partition coefficient (Wildman–Crippen LogP) is 1.20. The van der Waals surface area contributed by atoms with Crippen LogP contribution >= 0.6 is 11.6 Å². The van der Waals surface area contributed by atoms with E-state index in [4.69, 9.17) is 17.3 Å². The molecule has 1 amide bonds. The second-order valence-electron chi connectivity index (χ2n) is 6.47. The summed E-state index contributed by atoms with van der Waals surface area (Å²) >= 11 is 5.90. The van der Waals surface area contributed by atoms with E-state index >= 15 is 0 Å². The molecule has 0 spiro atoms. The normalized spacial score (nSPS) is 11.7. The van der Waals surface area contributed by atoms with Crippen molar-refractivity contribution in [3.63, 3.8) is 0 Å². The largest absolute Gasteiger partial charge is 0.382 e. The van der Waals surface area contributed by atoms with Gasteiger partial charge in [0.15, 0.2) is 11.5 Å². The van der Waals surface area contributed by atoms with Crippen LogP contribution in [0.1, 0.15) is 12.5 Å². The van der Waals surface area contributed by atoms with E-state index in [-0.39, 0.29) is 29.3 Å². The van der Waals surface area contributed by atoms with Gasteiger partial charge in [0, 0.05) is 19.1 Å². The van der Waals surface area contributed by atoms with Crippen LogP contribution in [-0.4, -0.2) is 58.3 Å². The number of anilines is 1. The Morgan fingerprint density at radius 1 is 1.21 bits per heavy atom. The fourth-order valence-corrected chi connectivity index (χ4v) is 3.56. The van der Waals surface area contributed by atoms with Gasteiger partial charge in [0.1, 0.15) is 5.52 Å². The monoisotopic (exact) mass is 438 g/mol. The van der Waals surface area contributed by atoms with E-state index in [1.165, 1.54) is 30.5 Å². The number of nitrogens with two attached hydrogens (primary N) is 1. The summed E-state index contributed by atoms with van der Waals surface area (Å²) in [6, 6.07) is 6.07. The van der Waals surface area contributed by atoms with Gasteiger partial charge in [-0.3, -0.25) is 4.57 Å². The van der Waals surface area contributed by atoms with Crippen LogP contribution in [0.5, 0.6) is 0 Å².